The lowest BCUT2D eigenvalue weighted by Crippen LogP contribution is -2.49. The molecule has 1 aliphatic heterocycles. The number of hydrogen-bond acceptors (Lipinski definition) is 4. The predicted molar refractivity (Wildman–Crippen MR) is 65.3 cm³/mol. The number of urea groups is 1. The lowest BCUT2D eigenvalue weighted by atomic mass is 9.92. The van der Waals surface area contributed by atoms with Gasteiger partial charge in [-0.15, -0.1) is 0 Å². The summed E-state index contributed by atoms with van der Waals surface area (Å²) in [5.74, 6) is -0.552. The van der Waals surface area contributed by atoms with Crippen LogP contribution in [0.25, 0.3) is 0 Å². The number of nitrogens with zero attached hydrogens (tertiary/aromatic N) is 2. The van der Waals surface area contributed by atoms with Crippen LogP contribution in [0.2, 0.25) is 0 Å². The molecule has 7 nitrogen and oxygen atoms in total. The first-order valence-corrected chi connectivity index (χ1v) is 6.24. The summed E-state index contributed by atoms with van der Waals surface area (Å²) in [7, 11) is 0. The van der Waals surface area contributed by atoms with Gasteiger partial charge in [0, 0.05) is 18.7 Å². The molecule has 0 radical (unpaired) electrons. The highest BCUT2D eigenvalue weighted by atomic mass is 16.5. The third-order valence-corrected chi connectivity index (χ3v) is 3.39. The van der Waals surface area contributed by atoms with E-state index < -0.39 is 5.97 Å². The molecule has 0 aromatic carbocycles. The molecule has 2 atom stereocenters. The Bertz CT molecular complexity index is 446. The van der Waals surface area contributed by atoms with Crippen LogP contribution in [0.1, 0.15) is 25.5 Å². The molecule has 19 heavy (non-hydrogen) atoms. The summed E-state index contributed by atoms with van der Waals surface area (Å²) < 4.78 is 4.89. The van der Waals surface area contributed by atoms with E-state index in [0.29, 0.717) is 25.1 Å². The third kappa shape index (κ3) is 3.24. The second-order valence-corrected chi connectivity index (χ2v) is 4.74. The van der Waals surface area contributed by atoms with Gasteiger partial charge in [0.05, 0.1) is 18.7 Å². The summed E-state index contributed by atoms with van der Waals surface area (Å²) in [5.41, 5.74) is 0. The van der Waals surface area contributed by atoms with Crippen molar-refractivity contribution in [1.82, 2.24) is 15.4 Å². The molecule has 0 saturated carbocycles. The number of carboxylic acid groups (broad SMARTS) is 1. The van der Waals surface area contributed by atoms with Gasteiger partial charge < -0.3 is 19.8 Å². The zero-order valence-electron chi connectivity index (χ0n) is 10.7. The Morgan fingerprint density at radius 3 is 3.00 bits per heavy atom. The van der Waals surface area contributed by atoms with Crippen molar-refractivity contribution in [1.29, 1.82) is 0 Å². The van der Waals surface area contributed by atoms with Gasteiger partial charge in [0.25, 0.3) is 0 Å². The van der Waals surface area contributed by atoms with Crippen LogP contribution in [0.15, 0.2) is 16.8 Å². The van der Waals surface area contributed by atoms with Crippen molar-refractivity contribution in [2.45, 2.75) is 32.4 Å². The van der Waals surface area contributed by atoms with Crippen LogP contribution in [0.3, 0.4) is 0 Å². The number of hydrogen-bond donors (Lipinski definition) is 2. The Hall–Kier alpha value is -2.05. The number of aliphatic carboxylic acids is 1. The van der Waals surface area contributed by atoms with E-state index >= 15 is 0 Å². The summed E-state index contributed by atoms with van der Waals surface area (Å²) in [5, 5.41) is 15.3. The molecular weight excluding hydrogens is 250 g/mol. The first-order chi connectivity index (χ1) is 9.08. The van der Waals surface area contributed by atoms with Gasteiger partial charge >= 0.3 is 12.0 Å². The number of carbonyl (C=O) groups excluding carboxylic acids is 1. The van der Waals surface area contributed by atoms with Crippen LogP contribution < -0.4 is 5.32 Å². The van der Waals surface area contributed by atoms with Crippen molar-refractivity contribution < 1.29 is 19.2 Å². The molecule has 0 aliphatic carbocycles. The molecule has 0 bridgehead atoms. The molecule has 2 heterocycles. The van der Waals surface area contributed by atoms with E-state index in [1.165, 1.54) is 6.20 Å². The Labute approximate surface area is 110 Å². The highest BCUT2D eigenvalue weighted by Gasteiger charge is 2.32. The van der Waals surface area contributed by atoms with Crippen molar-refractivity contribution in [3.05, 3.63) is 18.0 Å². The molecule has 0 spiro atoms. The minimum Gasteiger partial charge on any atom is -0.481 e. The minimum absolute atomic E-state index is 0.0791. The fourth-order valence-electron chi connectivity index (χ4n) is 2.30. The molecule has 2 amide bonds. The average molecular weight is 267 g/mol. The Balaban J connectivity index is 1.84. The second kappa shape index (κ2) is 5.73. The summed E-state index contributed by atoms with van der Waals surface area (Å²) >= 11 is 0. The standard InChI is InChI=1S/C12H17N3O4/c1-8-6-9(11(16)17)3-5-15(8)12(18)13-7-10-2-4-14-19-10/h2,4,8-9H,3,5-7H2,1H3,(H,13,18)(H,16,17). The van der Waals surface area contributed by atoms with Crippen molar-refractivity contribution in [3.8, 4) is 0 Å². The predicted octanol–water partition coefficient (Wildman–Crippen LogP) is 1.07. The highest BCUT2D eigenvalue weighted by Crippen LogP contribution is 2.22. The van der Waals surface area contributed by atoms with Crippen LogP contribution in [0, 0.1) is 5.92 Å². The SMILES string of the molecule is CC1CC(C(=O)O)CCN1C(=O)NCc1ccno1. The maximum Gasteiger partial charge on any atom is 0.318 e. The van der Waals surface area contributed by atoms with Crippen LogP contribution in [0.4, 0.5) is 4.79 Å². The number of carbonyl (C=O) groups is 2. The number of amides is 2. The number of rotatable bonds is 3. The lowest BCUT2D eigenvalue weighted by molar-refractivity contribution is -0.143. The summed E-state index contributed by atoms with van der Waals surface area (Å²) in [6.45, 7) is 2.61. The molecule has 2 unspecified atom stereocenters. The van der Waals surface area contributed by atoms with Crippen LogP contribution in [0.5, 0.6) is 0 Å². The summed E-state index contributed by atoms with van der Waals surface area (Å²) in [4.78, 5) is 24.6. The van der Waals surface area contributed by atoms with E-state index in [1.807, 2.05) is 6.92 Å². The first-order valence-electron chi connectivity index (χ1n) is 6.24. The molecule has 7 heteroatoms. The molecule has 1 aromatic heterocycles. The van der Waals surface area contributed by atoms with Crippen molar-refractivity contribution in [3.63, 3.8) is 0 Å². The van der Waals surface area contributed by atoms with Gasteiger partial charge in [-0.25, -0.2) is 4.79 Å². The van der Waals surface area contributed by atoms with Gasteiger partial charge in [-0.1, -0.05) is 5.16 Å². The average Bonchev–Trinajstić information content (AvgIpc) is 2.88. The highest BCUT2D eigenvalue weighted by molar-refractivity contribution is 5.75. The maximum atomic E-state index is 12.0. The molecule has 2 rings (SSSR count). The van der Waals surface area contributed by atoms with E-state index in [4.69, 9.17) is 9.63 Å². The fraction of sp³-hybridized carbons (Fsp3) is 0.583. The fourth-order valence-corrected chi connectivity index (χ4v) is 2.30. The van der Waals surface area contributed by atoms with Gasteiger partial charge in [-0.3, -0.25) is 4.79 Å². The van der Waals surface area contributed by atoms with Crippen LogP contribution in [-0.2, 0) is 11.3 Å². The first kappa shape index (κ1) is 13.4. The minimum atomic E-state index is -0.784. The summed E-state index contributed by atoms with van der Waals surface area (Å²) in [6, 6.07) is 1.40. The summed E-state index contributed by atoms with van der Waals surface area (Å²) in [6.07, 6.45) is 2.50. The number of carboxylic acids is 1. The van der Waals surface area contributed by atoms with Crippen LogP contribution >= 0.6 is 0 Å². The zero-order chi connectivity index (χ0) is 13.8. The number of aromatic nitrogens is 1. The monoisotopic (exact) mass is 267 g/mol. The molecule has 2 N–H and O–H groups in total. The lowest BCUT2D eigenvalue weighted by Gasteiger charge is -2.36. The Morgan fingerprint density at radius 1 is 1.63 bits per heavy atom. The number of nitrogens with one attached hydrogen (secondary N) is 1. The van der Waals surface area contributed by atoms with Crippen molar-refractivity contribution in [2.75, 3.05) is 6.54 Å². The van der Waals surface area contributed by atoms with Gasteiger partial charge in [0.15, 0.2) is 5.76 Å². The quantitative estimate of drug-likeness (QED) is 0.854. The van der Waals surface area contributed by atoms with Gasteiger partial charge in [0.1, 0.15) is 0 Å². The zero-order valence-corrected chi connectivity index (χ0v) is 10.7. The Morgan fingerprint density at radius 2 is 2.42 bits per heavy atom. The van der Waals surface area contributed by atoms with Gasteiger partial charge in [-0.2, -0.15) is 0 Å². The van der Waals surface area contributed by atoms with Crippen molar-refractivity contribution in [2.24, 2.45) is 5.92 Å². The number of likely N-dealkylation sites (tertiary alicyclic amines) is 1. The molecule has 1 fully saturated rings. The normalized spacial score (nSPS) is 23.1. The van der Waals surface area contributed by atoms with E-state index in [-0.39, 0.29) is 24.5 Å². The third-order valence-electron chi connectivity index (χ3n) is 3.39. The smallest absolute Gasteiger partial charge is 0.318 e. The van der Waals surface area contributed by atoms with E-state index in [2.05, 4.69) is 10.5 Å². The largest absolute Gasteiger partial charge is 0.481 e. The number of piperidine rings is 1. The van der Waals surface area contributed by atoms with Gasteiger partial charge in [-0.05, 0) is 19.8 Å². The molecule has 1 aromatic rings. The van der Waals surface area contributed by atoms with Gasteiger partial charge in [0.2, 0.25) is 0 Å². The molecular formula is C12H17N3O4. The Kier molecular flexibility index (Phi) is 4.03. The van der Waals surface area contributed by atoms with E-state index in [0.717, 1.165) is 0 Å². The molecule has 104 valence electrons. The van der Waals surface area contributed by atoms with E-state index in [9.17, 15) is 9.59 Å². The topological polar surface area (TPSA) is 95.7 Å². The second-order valence-electron chi connectivity index (χ2n) is 4.74. The van der Waals surface area contributed by atoms with E-state index in [1.54, 1.807) is 11.0 Å². The van der Waals surface area contributed by atoms with Crippen LogP contribution in [-0.4, -0.2) is 39.8 Å². The molecule has 1 saturated heterocycles. The molecule has 1 aliphatic rings. The van der Waals surface area contributed by atoms with Crippen molar-refractivity contribution >= 4 is 12.0 Å². The maximum absolute atomic E-state index is 12.0.